The number of rotatable bonds is 6. The molecule has 0 atom stereocenters. The van der Waals surface area contributed by atoms with Crippen LogP contribution in [0.25, 0.3) is 55.0 Å². The first-order valence-electron chi connectivity index (χ1n) is 21.0. The highest BCUT2D eigenvalue weighted by Crippen LogP contribution is 2.57. The summed E-state index contributed by atoms with van der Waals surface area (Å²) in [6, 6.07) is 60.6. The topological polar surface area (TPSA) is 16.4 Å². The fraction of sp³-hybridized carbons (Fsp3) is 0.0189. The lowest BCUT2D eigenvalue weighted by Gasteiger charge is -2.35. The van der Waals surface area contributed by atoms with Crippen LogP contribution in [0.15, 0.2) is 217 Å². The Morgan fingerprint density at radius 1 is 0.455 bits per heavy atom. The molecule has 0 radical (unpaired) electrons. The normalized spacial score (nSPS) is 14.1. The fourth-order valence-electron chi connectivity index (χ4n) is 8.92. The van der Waals surface area contributed by atoms with Crippen LogP contribution in [-0.4, -0.2) is 0 Å². The van der Waals surface area contributed by atoms with E-state index in [2.05, 4.69) is 115 Å². The molecule has 0 spiro atoms. The van der Waals surface area contributed by atoms with E-state index in [0.717, 1.165) is 77.2 Å². The maximum atomic E-state index is 9.23. The minimum atomic E-state index is -0.697. The quantitative estimate of drug-likeness (QED) is 0.171. The molecule has 9 aromatic carbocycles. The maximum absolute atomic E-state index is 9.23. The average molecular weight is 707 g/mol. The number of furan rings is 1. The van der Waals surface area contributed by atoms with Gasteiger partial charge in [0.1, 0.15) is 11.2 Å². The largest absolute Gasteiger partial charge is 0.455 e. The summed E-state index contributed by atoms with van der Waals surface area (Å²) in [5.41, 5.74) is 10.9. The molecular formula is C53H35NO. The van der Waals surface area contributed by atoms with Crippen LogP contribution in [0.1, 0.15) is 29.1 Å². The maximum Gasteiger partial charge on any atom is 0.143 e. The van der Waals surface area contributed by atoms with Crippen molar-refractivity contribution in [1.29, 1.82) is 0 Å². The molecule has 0 N–H and O–H groups in total. The van der Waals surface area contributed by atoms with Crippen molar-refractivity contribution in [2.45, 2.75) is 5.41 Å². The molecule has 1 aliphatic carbocycles. The van der Waals surface area contributed by atoms with Gasteiger partial charge < -0.3 is 9.32 Å². The first-order chi connectivity index (χ1) is 29.4. The second-order valence-corrected chi connectivity index (χ2v) is 14.1. The van der Waals surface area contributed by atoms with Gasteiger partial charge in [0.05, 0.1) is 12.3 Å². The van der Waals surface area contributed by atoms with Gasteiger partial charge in [0.25, 0.3) is 0 Å². The number of nitrogens with zero attached hydrogens (tertiary/aromatic N) is 1. The van der Waals surface area contributed by atoms with Crippen molar-refractivity contribution < 1.29 is 11.3 Å². The second kappa shape index (κ2) is 12.5. The lowest BCUT2D eigenvalue weighted by molar-refractivity contribution is 0.673. The molecule has 0 amide bonds. The van der Waals surface area contributed by atoms with Gasteiger partial charge in [0.2, 0.25) is 0 Å². The molecule has 11 rings (SSSR count). The van der Waals surface area contributed by atoms with E-state index in [1.807, 2.05) is 71.6 Å². The van der Waals surface area contributed by atoms with Crippen molar-refractivity contribution in [2.75, 3.05) is 4.90 Å². The van der Waals surface area contributed by atoms with E-state index in [9.17, 15) is 2.74 Å². The van der Waals surface area contributed by atoms with Crippen LogP contribution in [0.2, 0.25) is 0 Å². The lowest BCUT2D eigenvalue weighted by atomic mass is 9.67. The van der Waals surface area contributed by atoms with Gasteiger partial charge in [-0.15, -0.1) is 0 Å². The Morgan fingerprint density at radius 3 is 1.89 bits per heavy atom. The number of anilines is 3. The molecule has 0 bridgehead atoms. The highest BCUT2D eigenvalue weighted by Gasteiger charge is 2.46. The van der Waals surface area contributed by atoms with Crippen molar-refractivity contribution in [3.05, 3.63) is 234 Å². The van der Waals surface area contributed by atoms with E-state index >= 15 is 0 Å². The Hall–Kier alpha value is -7.16. The third-order valence-electron chi connectivity index (χ3n) is 11.2. The van der Waals surface area contributed by atoms with Crippen LogP contribution in [0.4, 0.5) is 17.1 Å². The monoisotopic (exact) mass is 706 g/mol. The van der Waals surface area contributed by atoms with Crippen LogP contribution in [0.5, 0.6) is 0 Å². The Kier molecular flexibility index (Phi) is 6.03. The molecule has 0 aliphatic heterocycles. The Balaban J connectivity index is 1.14. The summed E-state index contributed by atoms with van der Waals surface area (Å²) in [6.07, 6.45) is 0. The SMILES string of the molecule is [2H]c1c([2H])c([2H])c(N(c2ccc(-c3cccc4oc5c6ccccc6ccc5c34)cc2)c2ccc3c(c2)C(c2ccccc2)(c2ccccc2)c2ccccc2-3)c([2H])c1[2H]. The lowest BCUT2D eigenvalue weighted by Crippen LogP contribution is -2.28. The fourth-order valence-corrected chi connectivity index (χ4v) is 8.92. The van der Waals surface area contributed by atoms with Gasteiger partial charge in [-0.3, -0.25) is 0 Å². The molecule has 0 fully saturated rings. The van der Waals surface area contributed by atoms with Gasteiger partial charge >= 0.3 is 0 Å². The van der Waals surface area contributed by atoms with Crippen molar-refractivity contribution >= 4 is 49.8 Å². The molecule has 1 aliphatic rings. The Morgan fingerprint density at radius 2 is 1.11 bits per heavy atom. The molecule has 55 heavy (non-hydrogen) atoms. The minimum absolute atomic E-state index is 0.0732. The third kappa shape index (κ3) is 4.75. The van der Waals surface area contributed by atoms with Crippen molar-refractivity contribution in [1.82, 2.24) is 0 Å². The van der Waals surface area contributed by atoms with Gasteiger partial charge in [0, 0.05) is 33.2 Å². The molecule has 258 valence electrons. The molecule has 2 nitrogen and oxygen atoms in total. The van der Waals surface area contributed by atoms with E-state index in [4.69, 9.17) is 8.53 Å². The number of hydrogen-bond acceptors (Lipinski definition) is 2. The van der Waals surface area contributed by atoms with Gasteiger partial charge in [-0.05, 0) is 98.4 Å². The van der Waals surface area contributed by atoms with E-state index in [0.29, 0.717) is 11.4 Å². The number of benzene rings is 9. The zero-order chi connectivity index (χ0) is 40.7. The molecule has 1 aromatic heterocycles. The summed E-state index contributed by atoms with van der Waals surface area (Å²) in [4.78, 5) is 1.81. The number of para-hydroxylation sites is 1. The minimum Gasteiger partial charge on any atom is -0.455 e. The molecular weight excluding hydrogens is 667 g/mol. The van der Waals surface area contributed by atoms with Gasteiger partial charge in [0.15, 0.2) is 0 Å². The van der Waals surface area contributed by atoms with Crippen LogP contribution in [-0.2, 0) is 5.41 Å². The molecule has 0 saturated carbocycles. The summed E-state index contributed by atoms with van der Waals surface area (Å²) in [7, 11) is 0. The van der Waals surface area contributed by atoms with Crippen LogP contribution in [0.3, 0.4) is 0 Å². The Bertz CT molecular complexity index is 3260. The van der Waals surface area contributed by atoms with E-state index in [1.54, 1.807) is 0 Å². The summed E-state index contributed by atoms with van der Waals surface area (Å²) >= 11 is 0. The average Bonchev–Trinajstić information content (AvgIpc) is 3.84. The smallest absolute Gasteiger partial charge is 0.143 e. The van der Waals surface area contributed by atoms with Crippen LogP contribution < -0.4 is 4.90 Å². The van der Waals surface area contributed by atoms with E-state index in [1.165, 1.54) is 0 Å². The first kappa shape index (κ1) is 26.6. The van der Waals surface area contributed by atoms with Gasteiger partial charge in [-0.25, -0.2) is 0 Å². The molecule has 10 aromatic rings. The highest BCUT2D eigenvalue weighted by molar-refractivity contribution is 6.19. The number of fused-ring (bicyclic) bond motifs is 8. The van der Waals surface area contributed by atoms with E-state index < -0.39 is 23.5 Å². The second-order valence-electron chi connectivity index (χ2n) is 14.1. The van der Waals surface area contributed by atoms with Gasteiger partial charge in [-0.1, -0.05) is 164 Å². The van der Waals surface area contributed by atoms with E-state index in [-0.39, 0.29) is 17.8 Å². The van der Waals surface area contributed by atoms with Gasteiger partial charge in [-0.2, -0.15) is 0 Å². The third-order valence-corrected chi connectivity index (χ3v) is 11.2. The zero-order valence-corrected chi connectivity index (χ0v) is 29.7. The first-order valence-corrected chi connectivity index (χ1v) is 18.5. The molecule has 0 saturated heterocycles. The summed E-state index contributed by atoms with van der Waals surface area (Å²) in [5.74, 6) is 0. The standard InChI is InChI=1S/C53H35NO/c1-4-16-38(17-5-1)53(39-18-6-2-7-19-39)48-25-13-12-23-45(48)46-34-32-42(35-49(46)53)54(40-20-8-3-9-21-40)41-30-27-37(28-31-41)43-24-14-26-50-51(43)47-33-29-36-15-10-11-22-44(36)52(47)55-50/h1-35H/i3D,8D,9D,20D,21D. The van der Waals surface area contributed by atoms with Crippen molar-refractivity contribution in [3.63, 3.8) is 0 Å². The van der Waals surface area contributed by atoms with Crippen molar-refractivity contribution in [2.24, 2.45) is 0 Å². The van der Waals surface area contributed by atoms with Crippen molar-refractivity contribution in [3.8, 4) is 22.3 Å². The Labute approximate surface area is 327 Å². The highest BCUT2D eigenvalue weighted by atomic mass is 16.3. The predicted octanol–water partition coefficient (Wildman–Crippen LogP) is 14.2. The predicted molar refractivity (Wildman–Crippen MR) is 229 cm³/mol. The summed E-state index contributed by atoms with van der Waals surface area (Å²) in [5, 5.41) is 4.22. The molecule has 2 heteroatoms. The van der Waals surface area contributed by atoms with Crippen LogP contribution in [0, 0.1) is 0 Å². The molecule has 0 unspecified atom stereocenters. The summed E-state index contributed by atoms with van der Waals surface area (Å²) < 4.78 is 50.9. The van der Waals surface area contributed by atoms with Crippen LogP contribution >= 0.6 is 0 Å². The molecule has 1 heterocycles. The number of hydrogen-bond donors (Lipinski definition) is 0. The summed E-state index contributed by atoms with van der Waals surface area (Å²) in [6.45, 7) is 0. The zero-order valence-electron chi connectivity index (χ0n) is 34.7.